The fourth-order valence-electron chi connectivity index (χ4n) is 3.73. The lowest BCUT2D eigenvalue weighted by molar-refractivity contribution is 0.524. The molecule has 24 heavy (non-hydrogen) atoms. The molecule has 3 heteroatoms. The predicted molar refractivity (Wildman–Crippen MR) is 95.1 cm³/mol. The number of rotatable bonds is 1. The van der Waals surface area contributed by atoms with E-state index in [0.717, 1.165) is 23.9 Å². The molecular weight excluding hydrogens is 294 g/mol. The van der Waals surface area contributed by atoms with Crippen molar-refractivity contribution in [2.45, 2.75) is 18.9 Å². The molecule has 0 saturated carbocycles. The lowest BCUT2D eigenvalue weighted by atomic mass is 9.95. The highest BCUT2D eigenvalue weighted by molar-refractivity contribution is 5.73. The summed E-state index contributed by atoms with van der Waals surface area (Å²) in [6.07, 6.45) is 2.12. The van der Waals surface area contributed by atoms with Crippen LogP contribution in [0.15, 0.2) is 72.8 Å². The molecule has 0 spiro atoms. The SMILES string of the molecule is c1ccc2c(c1)CCc1ccccc1C2n1nc2ccccc2n1. The van der Waals surface area contributed by atoms with Gasteiger partial charge in [-0.05, 0) is 47.2 Å². The predicted octanol–water partition coefficient (Wildman–Crippen LogP) is 4.17. The summed E-state index contributed by atoms with van der Waals surface area (Å²) in [4.78, 5) is 1.90. The van der Waals surface area contributed by atoms with E-state index in [-0.39, 0.29) is 6.04 Å². The molecular formula is C21H17N3. The zero-order valence-electron chi connectivity index (χ0n) is 13.3. The van der Waals surface area contributed by atoms with E-state index in [0.29, 0.717) is 0 Å². The van der Waals surface area contributed by atoms with Crippen molar-refractivity contribution in [3.63, 3.8) is 0 Å². The highest BCUT2D eigenvalue weighted by Gasteiger charge is 2.26. The van der Waals surface area contributed by atoms with Crippen LogP contribution in [0, 0.1) is 0 Å². The van der Waals surface area contributed by atoms with Gasteiger partial charge in [-0.1, -0.05) is 60.7 Å². The van der Waals surface area contributed by atoms with Crippen LogP contribution < -0.4 is 0 Å². The monoisotopic (exact) mass is 311 g/mol. The fourth-order valence-corrected chi connectivity index (χ4v) is 3.73. The maximum atomic E-state index is 4.78. The molecule has 1 heterocycles. The topological polar surface area (TPSA) is 30.7 Å². The smallest absolute Gasteiger partial charge is 0.122 e. The maximum absolute atomic E-state index is 4.78. The second-order valence-electron chi connectivity index (χ2n) is 6.31. The molecule has 0 amide bonds. The van der Waals surface area contributed by atoms with Crippen molar-refractivity contribution in [2.24, 2.45) is 0 Å². The van der Waals surface area contributed by atoms with E-state index in [1.807, 2.05) is 29.1 Å². The highest BCUT2D eigenvalue weighted by atomic mass is 15.5. The normalized spacial score (nSPS) is 14.2. The molecule has 0 unspecified atom stereocenters. The summed E-state index contributed by atoms with van der Waals surface area (Å²) in [6, 6.07) is 25.5. The minimum atomic E-state index is 0.0345. The Hall–Kier alpha value is -2.94. The van der Waals surface area contributed by atoms with Gasteiger partial charge in [-0.2, -0.15) is 15.0 Å². The van der Waals surface area contributed by atoms with E-state index in [1.54, 1.807) is 0 Å². The number of benzene rings is 3. The molecule has 1 aliphatic carbocycles. The van der Waals surface area contributed by atoms with Crippen LogP contribution in [0.3, 0.4) is 0 Å². The van der Waals surface area contributed by atoms with Crippen molar-refractivity contribution >= 4 is 11.0 Å². The van der Waals surface area contributed by atoms with E-state index in [9.17, 15) is 0 Å². The lowest BCUT2D eigenvalue weighted by Crippen LogP contribution is -2.16. The third-order valence-corrected chi connectivity index (χ3v) is 4.90. The van der Waals surface area contributed by atoms with Crippen LogP contribution in [0.5, 0.6) is 0 Å². The molecule has 0 aliphatic heterocycles. The van der Waals surface area contributed by atoms with Crippen molar-refractivity contribution in [3.8, 4) is 0 Å². The van der Waals surface area contributed by atoms with Gasteiger partial charge in [0.25, 0.3) is 0 Å². The Kier molecular flexibility index (Phi) is 2.98. The van der Waals surface area contributed by atoms with Gasteiger partial charge in [-0.15, -0.1) is 0 Å². The first-order valence-corrected chi connectivity index (χ1v) is 8.37. The van der Waals surface area contributed by atoms with Gasteiger partial charge in [-0.3, -0.25) is 0 Å². The van der Waals surface area contributed by atoms with Crippen molar-refractivity contribution < 1.29 is 0 Å². The number of fused-ring (bicyclic) bond motifs is 3. The minimum absolute atomic E-state index is 0.0345. The standard InChI is InChI=1S/C21H17N3/c1-3-9-17-15(7-1)13-14-16-8-2-4-10-18(16)21(17)24-22-19-11-5-6-12-20(19)23-24/h1-12,21H,13-14H2. The fraction of sp³-hybridized carbons (Fsp3) is 0.143. The minimum Gasteiger partial charge on any atom is -0.171 e. The zero-order valence-corrected chi connectivity index (χ0v) is 13.3. The van der Waals surface area contributed by atoms with Gasteiger partial charge in [0.15, 0.2) is 0 Å². The number of nitrogens with zero attached hydrogens (tertiary/aromatic N) is 3. The summed E-state index contributed by atoms with van der Waals surface area (Å²) < 4.78 is 0. The van der Waals surface area contributed by atoms with Crippen molar-refractivity contribution in [3.05, 3.63) is 95.1 Å². The molecule has 4 aromatic rings. The lowest BCUT2D eigenvalue weighted by Gasteiger charge is -2.19. The summed E-state index contributed by atoms with van der Waals surface area (Å²) in [5.74, 6) is 0. The molecule has 0 N–H and O–H groups in total. The van der Waals surface area contributed by atoms with Gasteiger partial charge in [0.2, 0.25) is 0 Å². The first-order chi connectivity index (χ1) is 11.9. The van der Waals surface area contributed by atoms with Crippen LogP contribution in [-0.4, -0.2) is 15.0 Å². The second kappa shape index (κ2) is 5.31. The third kappa shape index (κ3) is 2.05. The Morgan fingerprint density at radius 1 is 0.625 bits per heavy atom. The average molecular weight is 311 g/mol. The summed E-state index contributed by atoms with van der Waals surface area (Å²) in [5, 5.41) is 9.56. The van der Waals surface area contributed by atoms with E-state index >= 15 is 0 Å². The Morgan fingerprint density at radius 3 is 1.62 bits per heavy atom. The van der Waals surface area contributed by atoms with Gasteiger partial charge in [0.1, 0.15) is 17.1 Å². The molecule has 0 saturated heterocycles. The molecule has 116 valence electrons. The molecule has 1 aromatic heterocycles. The Morgan fingerprint density at radius 2 is 1.08 bits per heavy atom. The Labute approximate surface area is 140 Å². The number of hydrogen-bond acceptors (Lipinski definition) is 2. The molecule has 1 aliphatic rings. The van der Waals surface area contributed by atoms with Crippen molar-refractivity contribution in [1.82, 2.24) is 15.0 Å². The van der Waals surface area contributed by atoms with E-state index in [1.165, 1.54) is 22.3 Å². The molecule has 0 radical (unpaired) electrons. The van der Waals surface area contributed by atoms with Gasteiger partial charge in [0, 0.05) is 0 Å². The Bertz CT molecular complexity index is 951. The first-order valence-electron chi connectivity index (χ1n) is 8.37. The molecule has 0 atom stereocenters. The number of aryl methyl sites for hydroxylation is 2. The number of aromatic nitrogens is 3. The van der Waals surface area contributed by atoms with E-state index in [4.69, 9.17) is 10.2 Å². The molecule has 0 fully saturated rings. The molecule has 3 aromatic carbocycles. The third-order valence-electron chi connectivity index (χ3n) is 4.90. The quantitative estimate of drug-likeness (QED) is 0.528. The molecule has 5 rings (SSSR count). The molecule has 0 bridgehead atoms. The van der Waals surface area contributed by atoms with Crippen LogP contribution in [-0.2, 0) is 12.8 Å². The van der Waals surface area contributed by atoms with Crippen LogP contribution >= 0.6 is 0 Å². The van der Waals surface area contributed by atoms with Gasteiger partial charge in [0.05, 0.1) is 0 Å². The van der Waals surface area contributed by atoms with Gasteiger partial charge >= 0.3 is 0 Å². The second-order valence-corrected chi connectivity index (χ2v) is 6.31. The summed E-state index contributed by atoms with van der Waals surface area (Å²) in [7, 11) is 0. The first kappa shape index (κ1) is 13.5. The van der Waals surface area contributed by atoms with Gasteiger partial charge < -0.3 is 0 Å². The van der Waals surface area contributed by atoms with Crippen LogP contribution in [0.1, 0.15) is 28.3 Å². The summed E-state index contributed by atoms with van der Waals surface area (Å²) >= 11 is 0. The summed E-state index contributed by atoms with van der Waals surface area (Å²) in [6.45, 7) is 0. The van der Waals surface area contributed by atoms with Crippen molar-refractivity contribution in [1.29, 1.82) is 0 Å². The summed E-state index contributed by atoms with van der Waals surface area (Å²) in [5.41, 5.74) is 7.28. The molecule has 3 nitrogen and oxygen atoms in total. The zero-order chi connectivity index (χ0) is 15.9. The van der Waals surface area contributed by atoms with E-state index in [2.05, 4.69) is 48.5 Å². The largest absolute Gasteiger partial charge is 0.171 e. The van der Waals surface area contributed by atoms with Crippen LogP contribution in [0.25, 0.3) is 11.0 Å². The maximum Gasteiger partial charge on any atom is 0.122 e. The highest BCUT2D eigenvalue weighted by Crippen LogP contribution is 2.34. The van der Waals surface area contributed by atoms with Gasteiger partial charge in [-0.25, -0.2) is 0 Å². The van der Waals surface area contributed by atoms with Crippen LogP contribution in [0.2, 0.25) is 0 Å². The van der Waals surface area contributed by atoms with E-state index < -0.39 is 0 Å². The van der Waals surface area contributed by atoms with Crippen LogP contribution in [0.4, 0.5) is 0 Å². The average Bonchev–Trinajstić information content (AvgIpc) is 2.98. The van der Waals surface area contributed by atoms with Crippen molar-refractivity contribution in [2.75, 3.05) is 0 Å². The Balaban J connectivity index is 1.79. The number of hydrogen-bond donors (Lipinski definition) is 0.